The molecule has 0 unspecified atom stereocenters. The number of nitrogens with one attached hydrogen (secondary N) is 3. The van der Waals surface area contributed by atoms with Crippen molar-refractivity contribution >= 4 is 46.7 Å². The lowest BCUT2D eigenvalue weighted by atomic mass is 10.2. The van der Waals surface area contributed by atoms with Crippen molar-refractivity contribution in [1.29, 1.82) is 0 Å². The maximum Gasteiger partial charge on any atom is 0.346 e. The van der Waals surface area contributed by atoms with E-state index < -0.39 is 11.8 Å². The van der Waals surface area contributed by atoms with Gasteiger partial charge in [0.05, 0.1) is 24.2 Å². The van der Waals surface area contributed by atoms with Gasteiger partial charge < -0.3 is 26.2 Å². The van der Waals surface area contributed by atoms with Crippen LogP contribution in [-0.4, -0.2) is 45.5 Å². The van der Waals surface area contributed by atoms with Crippen LogP contribution >= 0.6 is 0 Å². The SMILES string of the molecule is O=C(O)C=Nc1ccccc1Nc1ncc(F)c(Nc2cccc(NCCO)c2)n1. The summed E-state index contributed by atoms with van der Waals surface area (Å²) in [7, 11) is 0. The summed E-state index contributed by atoms with van der Waals surface area (Å²) in [6.45, 7) is 0.383. The number of aliphatic imine (C=N–C) groups is 1. The van der Waals surface area contributed by atoms with E-state index >= 15 is 0 Å². The molecule has 0 aliphatic rings. The summed E-state index contributed by atoms with van der Waals surface area (Å²) in [5, 5.41) is 26.5. The smallest absolute Gasteiger partial charge is 0.346 e. The fourth-order valence-corrected chi connectivity index (χ4v) is 2.50. The van der Waals surface area contributed by atoms with Crippen molar-refractivity contribution in [2.24, 2.45) is 4.99 Å². The van der Waals surface area contributed by atoms with Gasteiger partial charge in [0.15, 0.2) is 11.6 Å². The molecule has 0 fully saturated rings. The second kappa shape index (κ2) is 9.94. The lowest BCUT2D eigenvalue weighted by Crippen LogP contribution is -2.06. The topological polar surface area (TPSA) is 132 Å². The van der Waals surface area contributed by atoms with E-state index in [0.717, 1.165) is 18.1 Å². The van der Waals surface area contributed by atoms with Crippen molar-refractivity contribution in [1.82, 2.24) is 9.97 Å². The number of rotatable bonds is 9. The Morgan fingerprint density at radius 2 is 1.93 bits per heavy atom. The zero-order chi connectivity index (χ0) is 21.3. The first-order valence-electron chi connectivity index (χ1n) is 8.92. The third-order valence-electron chi connectivity index (χ3n) is 3.77. The predicted octanol–water partition coefficient (Wildman–Crippen LogP) is 3.29. The van der Waals surface area contributed by atoms with Crippen LogP contribution in [0.5, 0.6) is 0 Å². The van der Waals surface area contributed by atoms with Crippen molar-refractivity contribution in [3.05, 3.63) is 60.5 Å². The number of hydrogen-bond donors (Lipinski definition) is 5. The molecule has 30 heavy (non-hydrogen) atoms. The number of aliphatic hydroxyl groups is 1. The summed E-state index contributed by atoms with van der Waals surface area (Å²) >= 11 is 0. The summed E-state index contributed by atoms with van der Waals surface area (Å²) in [4.78, 5) is 22.7. The number of aliphatic hydroxyl groups excluding tert-OH is 1. The second-order valence-corrected chi connectivity index (χ2v) is 5.98. The van der Waals surface area contributed by atoms with E-state index in [-0.39, 0.29) is 18.4 Å². The van der Waals surface area contributed by atoms with Gasteiger partial charge in [-0.1, -0.05) is 18.2 Å². The van der Waals surface area contributed by atoms with Crippen molar-refractivity contribution < 1.29 is 19.4 Å². The molecule has 3 rings (SSSR count). The van der Waals surface area contributed by atoms with Crippen LogP contribution in [0.4, 0.5) is 38.9 Å². The van der Waals surface area contributed by atoms with Crippen LogP contribution in [0.25, 0.3) is 0 Å². The molecule has 1 aromatic heterocycles. The maximum atomic E-state index is 14.2. The Balaban J connectivity index is 1.81. The molecule has 3 aromatic rings. The molecule has 0 bridgehead atoms. The van der Waals surface area contributed by atoms with E-state index in [9.17, 15) is 9.18 Å². The van der Waals surface area contributed by atoms with Gasteiger partial charge in [-0.2, -0.15) is 4.98 Å². The summed E-state index contributed by atoms with van der Waals surface area (Å²) in [5.41, 5.74) is 2.17. The van der Waals surface area contributed by atoms with E-state index in [2.05, 4.69) is 30.9 Å². The zero-order valence-corrected chi connectivity index (χ0v) is 15.7. The first kappa shape index (κ1) is 20.7. The van der Waals surface area contributed by atoms with Crippen LogP contribution < -0.4 is 16.0 Å². The molecule has 0 spiro atoms. The van der Waals surface area contributed by atoms with Gasteiger partial charge in [0.25, 0.3) is 0 Å². The zero-order valence-electron chi connectivity index (χ0n) is 15.7. The second-order valence-electron chi connectivity index (χ2n) is 5.98. The number of aromatic nitrogens is 2. The molecular weight excluding hydrogens is 391 g/mol. The van der Waals surface area contributed by atoms with Crippen LogP contribution in [0.15, 0.2) is 59.7 Å². The number of benzene rings is 2. The van der Waals surface area contributed by atoms with Gasteiger partial charge in [-0.15, -0.1) is 0 Å². The molecule has 0 atom stereocenters. The normalized spacial score (nSPS) is 10.7. The molecule has 10 heteroatoms. The number of carboxylic acids is 1. The van der Waals surface area contributed by atoms with Gasteiger partial charge in [-0.05, 0) is 30.3 Å². The molecule has 0 aliphatic heterocycles. The Kier molecular flexibility index (Phi) is 6.85. The number of carboxylic acid groups (broad SMARTS) is 1. The van der Waals surface area contributed by atoms with E-state index in [0.29, 0.717) is 23.6 Å². The molecule has 0 saturated heterocycles. The third-order valence-corrected chi connectivity index (χ3v) is 3.77. The number of para-hydroxylation sites is 2. The first-order valence-corrected chi connectivity index (χ1v) is 8.92. The molecule has 9 nitrogen and oxygen atoms in total. The lowest BCUT2D eigenvalue weighted by molar-refractivity contribution is -0.128. The average molecular weight is 410 g/mol. The molecule has 0 amide bonds. The van der Waals surface area contributed by atoms with Crippen molar-refractivity contribution in [3.63, 3.8) is 0 Å². The predicted molar refractivity (Wildman–Crippen MR) is 113 cm³/mol. The maximum absolute atomic E-state index is 14.2. The van der Waals surface area contributed by atoms with Crippen LogP contribution in [0, 0.1) is 5.82 Å². The Bertz CT molecular complexity index is 1060. The third kappa shape index (κ3) is 5.72. The van der Waals surface area contributed by atoms with Gasteiger partial charge in [0.1, 0.15) is 6.21 Å². The highest BCUT2D eigenvalue weighted by Gasteiger charge is 2.10. The summed E-state index contributed by atoms with van der Waals surface area (Å²) < 4.78 is 14.2. The van der Waals surface area contributed by atoms with Crippen LogP contribution in [-0.2, 0) is 4.79 Å². The molecular formula is C20H19FN6O3. The molecule has 0 saturated carbocycles. The standard InChI is InChI=1S/C20H19FN6O3/c21-15-11-24-20(26-17-7-2-1-6-16(17)23-12-18(29)30)27-19(15)25-14-5-3-4-13(10-14)22-8-9-28/h1-7,10-12,22,28H,8-9H2,(H,29,30)(H2,24,25,26,27). The Hall–Kier alpha value is -4.05. The highest BCUT2D eigenvalue weighted by atomic mass is 19.1. The van der Waals surface area contributed by atoms with E-state index in [1.807, 2.05) is 6.07 Å². The number of hydrogen-bond acceptors (Lipinski definition) is 8. The Labute approximate surface area is 171 Å². The summed E-state index contributed by atoms with van der Waals surface area (Å²) in [6.07, 6.45) is 1.80. The number of carbonyl (C=O) groups is 1. The van der Waals surface area contributed by atoms with E-state index in [4.69, 9.17) is 10.2 Å². The molecule has 5 N–H and O–H groups in total. The summed E-state index contributed by atoms with van der Waals surface area (Å²) in [6, 6.07) is 13.8. The van der Waals surface area contributed by atoms with Gasteiger partial charge in [-0.25, -0.2) is 19.2 Å². The quantitative estimate of drug-likeness (QED) is 0.340. The molecule has 154 valence electrons. The highest BCUT2D eigenvalue weighted by Crippen LogP contribution is 2.27. The van der Waals surface area contributed by atoms with Crippen molar-refractivity contribution in [2.75, 3.05) is 29.1 Å². The number of halogens is 1. The average Bonchev–Trinajstić information content (AvgIpc) is 2.74. The van der Waals surface area contributed by atoms with Crippen LogP contribution in [0.3, 0.4) is 0 Å². The van der Waals surface area contributed by atoms with Crippen molar-refractivity contribution in [2.45, 2.75) is 0 Å². The van der Waals surface area contributed by atoms with E-state index in [1.54, 1.807) is 42.5 Å². The fourth-order valence-electron chi connectivity index (χ4n) is 2.50. The largest absolute Gasteiger partial charge is 0.477 e. The lowest BCUT2D eigenvalue weighted by Gasteiger charge is -2.12. The first-order chi connectivity index (χ1) is 14.5. The van der Waals surface area contributed by atoms with Crippen LogP contribution in [0.1, 0.15) is 0 Å². The highest BCUT2D eigenvalue weighted by molar-refractivity contribution is 6.22. The molecule has 0 aliphatic carbocycles. The van der Waals surface area contributed by atoms with Gasteiger partial charge in [0.2, 0.25) is 5.95 Å². The minimum atomic E-state index is -1.18. The van der Waals surface area contributed by atoms with Gasteiger partial charge in [0, 0.05) is 17.9 Å². The van der Waals surface area contributed by atoms with Gasteiger partial charge in [-0.3, -0.25) is 0 Å². The Morgan fingerprint density at radius 3 is 2.73 bits per heavy atom. The number of nitrogens with zero attached hydrogens (tertiary/aromatic N) is 3. The van der Waals surface area contributed by atoms with Crippen molar-refractivity contribution in [3.8, 4) is 0 Å². The Morgan fingerprint density at radius 1 is 1.13 bits per heavy atom. The number of aliphatic carboxylic acids is 1. The minimum absolute atomic E-state index is 0.00872. The molecule has 1 heterocycles. The summed E-state index contributed by atoms with van der Waals surface area (Å²) in [5.74, 6) is -1.76. The monoisotopic (exact) mass is 410 g/mol. The molecule has 2 aromatic carbocycles. The van der Waals surface area contributed by atoms with E-state index in [1.165, 1.54) is 0 Å². The minimum Gasteiger partial charge on any atom is -0.477 e. The fraction of sp³-hybridized carbons (Fsp3) is 0.100. The number of anilines is 5. The van der Waals surface area contributed by atoms with Crippen LogP contribution in [0.2, 0.25) is 0 Å². The molecule has 0 radical (unpaired) electrons. The van der Waals surface area contributed by atoms with Gasteiger partial charge >= 0.3 is 5.97 Å².